The summed E-state index contributed by atoms with van der Waals surface area (Å²) in [5.41, 5.74) is 0.195. The van der Waals surface area contributed by atoms with Gasteiger partial charge in [0, 0.05) is 10.9 Å². The number of carboxylic acid groups (broad SMARTS) is 1. The van der Waals surface area contributed by atoms with Crippen molar-refractivity contribution in [3.05, 3.63) is 16.5 Å². The first-order chi connectivity index (χ1) is 10.5. The number of carbonyl (C=O) groups is 2. The summed E-state index contributed by atoms with van der Waals surface area (Å²) in [5.74, 6) is -1.11. The zero-order valence-corrected chi connectivity index (χ0v) is 14.0. The lowest BCUT2D eigenvalue weighted by Gasteiger charge is -2.34. The molecule has 2 rings (SSSR count). The van der Waals surface area contributed by atoms with Crippen molar-refractivity contribution in [1.82, 2.24) is 4.90 Å². The molecule has 1 unspecified atom stereocenters. The summed E-state index contributed by atoms with van der Waals surface area (Å²) in [6, 6.07) is 2.12. The van der Waals surface area contributed by atoms with Crippen LogP contribution in [-0.4, -0.2) is 41.0 Å². The Morgan fingerprint density at radius 1 is 1.41 bits per heavy atom. The van der Waals surface area contributed by atoms with Gasteiger partial charge in [-0.2, -0.15) is 0 Å². The van der Waals surface area contributed by atoms with Crippen molar-refractivity contribution < 1.29 is 14.7 Å². The SMILES string of the molecule is CCc1cc(C(=O)O)c(NC(=O)CN2CCCCC2CC)s1. The number of amides is 1. The Labute approximate surface area is 135 Å². The molecule has 0 radical (unpaired) electrons. The van der Waals surface area contributed by atoms with Gasteiger partial charge in [0.1, 0.15) is 5.00 Å². The van der Waals surface area contributed by atoms with Gasteiger partial charge in [-0.1, -0.05) is 20.3 Å². The molecule has 22 heavy (non-hydrogen) atoms. The van der Waals surface area contributed by atoms with Crippen molar-refractivity contribution in [3.63, 3.8) is 0 Å². The summed E-state index contributed by atoms with van der Waals surface area (Å²) in [7, 11) is 0. The summed E-state index contributed by atoms with van der Waals surface area (Å²) >= 11 is 1.35. The number of carbonyl (C=O) groups excluding carboxylic acids is 1. The highest BCUT2D eigenvalue weighted by Gasteiger charge is 2.24. The number of likely N-dealkylation sites (tertiary alicyclic amines) is 1. The van der Waals surface area contributed by atoms with Crippen molar-refractivity contribution in [2.45, 2.75) is 52.0 Å². The third kappa shape index (κ3) is 4.08. The first-order valence-electron chi connectivity index (χ1n) is 7.95. The van der Waals surface area contributed by atoms with E-state index in [0.717, 1.165) is 37.1 Å². The van der Waals surface area contributed by atoms with E-state index in [9.17, 15) is 14.7 Å². The Morgan fingerprint density at radius 2 is 2.18 bits per heavy atom. The Hall–Kier alpha value is -1.40. The first kappa shape index (κ1) is 17.0. The lowest BCUT2D eigenvalue weighted by molar-refractivity contribution is -0.118. The molecule has 1 amide bonds. The Morgan fingerprint density at radius 3 is 2.82 bits per heavy atom. The van der Waals surface area contributed by atoms with Crippen LogP contribution in [0.15, 0.2) is 6.07 Å². The summed E-state index contributed by atoms with van der Waals surface area (Å²) < 4.78 is 0. The molecule has 6 heteroatoms. The number of hydrogen-bond acceptors (Lipinski definition) is 4. The molecule has 1 aliphatic heterocycles. The number of rotatable bonds is 6. The molecule has 0 bridgehead atoms. The van der Waals surface area contributed by atoms with E-state index >= 15 is 0 Å². The van der Waals surface area contributed by atoms with E-state index in [-0.39, 0.29) is 11.5 Å². The van der Waals surface area contributed by atoms with E-state index in [0.29, 0.717) is 17.6 Å². The van der Waals surface area contributed by atoms with E-state index in [2.05, 4.69) is 17.1 Å². The quantitative estimate of drug-likeness (QED) is 0.843. The molecule has 1 saturated heterocycles. The summed E-state index contributed by atoms with van der Waals surface area (Å²) in [4.78, 5) is 26.7. The zero-order chi connectivity index (χ0) is 16.1. The number of aromatic carboxylic acids is 1. The van der Waals surface area contributed by atoms with E-state index < -0.39 is 5.97 Å². The van der Waals surface area contributed by atoms with Crippen molar-refractivity contribution in [3.8, 4) is 0 Å². The second kappa shape index (κ2) is 7.74. The summed E-state index contributed by atoms with van der Waals surface area (Å²) in [5, 5.41) is 12.5. The molecule has 0 saturated carbocycles. The average Bonchev–Trinajstić information content (AvgIpc) is 2.91. The molecular formula is C16H24N2O3S. The topological polar surface area (TPSA) is 69.6 Å². The number of carboxylic acids is 1. The molecule has 5 nitrogen and oxygen atoms in total. The third-order valence-electron chi connectivity index (χ3n) is 4.18. The molecular weight excluding hydrogens is 300 g/mol. The number of anilines is 1. The van der Waals surface area contributed by atoms with Crippen LogP contribution in [0, 0.1) is 0 Å². The second-order valence-corrected chi connectivity index (χ2v) is 6.83. The van der Waals surface area contributed by atoms with Gasteiger partial charge in [-0.05, 0) is 38.3 Å². The third-order valence-corrected chi connectivity index (χ3v) is 5.38. The maximum Gasteiger partial charge on any atom is 0.338 e. The molecule has 1 aliphatic rings. The molecule has 1 aromatic rings. The highest BCUT2D eigenvalue weighted by molar-refractivity contribution is 7.16. The van der Waals surface area contributed by atoms with Crippen LogP contribution >= 0.6 is 11.3 Å². The largest absolute Gasteiger partial charge is 0.478 e. The highest BCUT2D eigenvalue weighted by atomic mass is 32.1. The molecule has 1 aromatic heterocycles. The predicted molar refractivity (Wildman–Crippen MR) is 88.8 cm³/mol. The van der Waals surface area contributed by atoms with Gasteiger partial charge in [0.25, 0.3) is 0 Å². The highest BCUT2D eigenvalue weighted by Crippen LogP contribution is 2.29. The Balaban J connectivity index is 2.02. The van der Waals surface area contributed by atoms with E-state index in [1.165, 1.54) is 17.8 Å². The standard InChI is InChI=1S/C16H24N2O3S/c1-3-11-7-5-6-8-18(11)10-14(19)17-15-13(16(20)21)9-12(4-2)22-15/h9,11H,3-8,10H2,1-2H3,(H,17,19)(H,20,21). The molecule has 2 heterocycles. The van der Waals surface area contributed by atoms with E-state index in [1.54, 1.807) is 6.07 Å². The van der Waals surface area contributed by atoms with Gasteiger partial charge in [0.2, 0.25) is 5.91 Å². The van der Waals surface area contributed by atoms with Crippen molar-refractivity contribution in [2.75, 3.05) is 18.4 Å². The second-order valence-electron chi connectivity index (χ2n) is 5.69. The fraction of sp³-hybridized carbons (Fsp3) is 0.625. The van der Waals surface area contributed by atoms with Gasteiger partial charge in [-0.15, -0.1) is 11.3 Å². The first-order valence-corrected chi connectivity index (χ1v) is 8.76. The maximum absolute atomic E-state index is 12.3. The number of nitrogens with one attached hydrogen (secondary N) is 1. The van der Waals surface area contributed by atoms with Gasteiger partial charge >= 0.3 is 5.97 Å². The monoisotopic (exact) mass is 324 g/mol. The van der Waals surface area contributed by atoms with Crippen LogP contribution in [0.25, 0.3) is 0 Å². The van der Waals surface area contributed by atoms with Crippen molar-refractivity contribution in [2.24, 2.45) is 0 Å². The molecule has 2 N–H and O–H groups in total. The molecule has 0 aromatic carbocycles. The molecule has 1 fully saturated rings. The van der Waals surface area contributed by atoms with Crippen molar-refractivity contribution in [1.29, 1.82) is 0 Å². The number of nitrogens with zero attached hydrogens (tertiary/aromatic N) is 1. The number of thiophene rings is 1. The van der Waals surface area contributed by atoms with E-state index in [4.69, 9.17) is 0 Å². The molecule has 1 atom stereocenters. The minimum Gasteiger partial charge on any atom is -0.478 e. The fourth-order valence-corrected chi connectivity index (χ4v) is 3.95. The lowest BCUT2D eigenvalue weighted by atomic mass is 10.0. The van der Waals surface area contributed by atoms with Gasteiger partial charge < -0.3 is 10.4 Å². The van der Waals surface area contributed by atoms with E-state index in [1.807, 2.05) is 6.92 Å². The van der Waals surface area contributed by atoms with Crippen LogP contribution in [-0.2, 0) is 11.2 Å². The molecule has 0 aliphatic carbocycles. The van der Waals surface area contributed by atoms with Gasteiger partial charge in [0.15, 0.2) is 0 Å². The number of hydrogen-bond donors (Lipinski definition) is 2. The number of piperidine rings is 1. The van der Waals surface area contributed by atoms with Crippen LogP contribution in [0.4, 0.5) is 5.00 Å². The van der Waals surface area contributed by atoms with Gasteiger partial charge in [0.05, 0.1) is 12.1 Å². The molecule has 0 spiro atoms. The average molecular weight is 324 g/mol. The van der Waals surface area contributed by atoms with Crippen LogP contribution in [0.1, 0.15) is 54.8 Å². The summed E-state index contributed by atoms with van der Waals surface area (Å²) in [6.07, 6.45) is 5.31. The van der Waals surface area contributed by atoms with Gasteiger partial charge in [-0.25, -0.2) is 4.79 Å². The van der Waals surface area contributed by atoms with Crippen LogP contribution in [0.5, 0.6) is 0 Å². The maximum atomic E-state index is 12.3. The van der Waals surface area contributed by atoms with Gasteiger partial charge in [-0.3, -0.25) is 9.69 Å². The molecule has 122 valence electrons. The Bertz CT molecular complexity index is 541. The van der Waals surface area contributed by atoms with Crippen LogP contribution in [0.2, 0.25) is 0 Å². The number of aryl methyl sites for hydroxylation is 1. The summed E-state index contributed by atoms with van der Waals surface area (Å²) in [6.45, 7) is 5.41. The van der Waals surface area contributed by atoms with Crippen molar-refractivity contribution >= 4 is 28.2 Å². The van der Waals surface area contributed by atoms with Crippen LogP contribution in [0.3, 0.4) is 0 Å². The normalized spacial score (nSPS) is 19.1. The smallest absolute Gasteiger partial charge is 0.338 e. The fourth-order valence-electron chi connectivity index (χ4n) is 2.95. The predicted octanol–water partition coefficient (Wildman–Crippen LogP) is 3.21. The van der Waals surface area contributed by atoms with Crippen LogP contribution < -0.4 is 5.32 Å². The minimum atomic E-state index is -0.990. The lowest BCUT2D eigenvalue weighted by Crippen LogP contribution is -2.43. The minimum absolute atomic E-state index is 0.118. The Kier molecular flexibility index (Phi) is 5.97. The zero-order valence-electron chi connectivity index (χ0n) is 13.2.